The molecular formula is C17H15NO4. The Morgan fingerprint density at radius 1 is 1.14 bits per heavy atom. The van der Waals surface area contributed by atoms with Crippen LogP contribution in [0, 0.1) is 6.92 Å². The van der Waals surface area contributed by atoms with Crippen molar-refractivity contribution in [2.75, 3.05) is 7.11 Å². The first-order valence-electron chi connectivity index (χ1n) is 6.85. The van der Waals surface area contributed by atoms with Gasteiger partial charge in [-0.05, 0) is 29.8 Å². The molecule has 1 aromatic heterocycles. The third-order valence-electron chi connectivity index (χ3n) is 3.21. The van der Waals surface area contributed by atoms with Gasteiger partial charge in [-0.1, -0.05) is 12.1 Å². The van der Waals surface area contributed by atoms with Crippen molar-refractivity contribution in [3.8, 4) is 11.5 Å². The average molecular weight is 297 g/mol. The number of esters is 1. The number of ether oxygens (including phenoxy) is 2. The lowest BCUT2D eigenvalue weighted by molar-refractivity contribution is -0.133. The van der Waals surface area contributed by atoms with Crippen LogP contribution in [0.2, 0.25) is 0 Å². The van der Waals surface area contributed by atoms with Gasteiger partial charge in [-0.2, -0.15) is 0 Å². The van der Waals surface area contributed by atoms with Crippen molar-refractivity contribution in [3.63, 3.8) is 0 Å². The fraction of sp³-hybridized carbons (Fsp3) is 0.176. The van der Waals surface area contributed by atoms with Crippen molar-refractivity contribution in [1.29, 1.82) is 0 Å². The predicted molar refractivity (Wildman–Crippen MR) is 81.1 cm³/mol. The van der Waals surface area contributed by atoms with E-state index in [0.29, 0.717) is 22.7 Å². The molecule has 0 aliphatic carbocycles. The van der Waals surface area contributed by atoms with Crippen molar-refractivity contribution in [3.05, 3.63) is 53.9 Å². The Bertz CT molecular complexity index is 805. The first-order valence-corrected chi connectivity index (χ1v) is 6.85. The molecule has 2 aromatic carbocycles. The average Bonchev–Trinajstić information content (AvgIpc) is 2.87. The van der Waals surface area contributed by atoms with Crippen LogP contribution in [0.25, 0.3) is 11.1 Å². The van der Waals surface area contributed by atoms with E-state index >= 15 is 0 Å². The van der Waals surface area contributed by atoms with E-state index in [-0.39, 0.29) is 12.4 Å². The van der Waals surface area contributed by atoms with Crippen LogP contribution in [-0.2, 0) is 11.2 Å². The Morgan fingerprint density at radius 2 is 1.86 bits per heavy atom. The molecule has 0 bridgehead atoms. The normalized spacial score (nSPS) is 10.6. The van der Waals surface area contributed by atoms with Crippen LogP contribution in [0.15, 0.2) is 46.9 Å². The summed E-state index contributed by atoms with van der Waals surface area (Å²) in [5, 5.41) is 0. The Labute approximate surface area is 127 Å². The summed E-state index contributed by atoms with van der Waals surface area (Å²) < 4.78 is 15.8. The number of carbonyl (C=O) groups is 1. The molecular weight excluding hydrogens is 282 g/mol. The zero-order valence-electron chi connectivity index (χ0n) is 12.3. The second-order valence-electron chi connectivity index (χ2n) is 4.86. The molecule has 112 valence electrons. The molecule has 5 heteroatoms. The van der Waals surface area contributed by atoms with Crippen molar-refractivity contribution >= 4 is 17.1 Å². The van der Waals surface area contributed by atoms with Crippen LogP contribution in [-0.4, -0.2) is 18.1 Å². The van der Waals surface area contributed by atoms with E-state index in [1.165, 1.54) is 0 Å². The number of rotatable bonds is 4. The Kier molecular flexibility index (Phi) is 3.78. The summed E-state index contributed by atoms with van der Waals surface area (Å²) in [6.07, 6.45) is 0.194. The Hall–Kier alpha value is -2.82. The van der Waals surface area contributed by atoms with E-state index in [9.17, 15) is 4.79 Å². The summed E-state index contributed by atoms with van der Waals surface area (Å²) in [6, 6.07) is 12.4. The molecule has 5 nitrogen and oxygen atoms in total. The number of nitrogens with zero attached hydrogens (tertiary/aromatic N) is 1. The number of fused-ring (bicyclic) bond motifs is 1. The highest BCUT2D eigenvalue weighted by Crippen LogP contribution is 2.21. The van der Waals surface area contributed by atoms with E-state index in [1.54, 1.807) is 32.2 Å². The lowest BCUT2D eigenvalue weighted by Crippen LogP contribution is -2.11. The first kappa shape index (κ1) is 14.1. The second kappa shape index (κ2) is 5.89. The van der Waals surface area contributed by atoms with Gasteiger partial charge in [0, 0.05) is 13.0 Å². The van der Waals surface area contributed by atoms with Gasteiger partial charge in [-0.25, -0.2) is 4.98 Å². The van der Waals surface area contributed by atoms with Crippen molar-refractivity contribution in [2.24, 2.45) is 0 Å². The quantitative estimate of drug-likeness (QED) is 0.546. The smallest absolute Gasteiger partial charge is 0.315 e. The van der Waals surface area contributed by atoms with Gasteiger partial charge in [0.2, 0.25) is 0 Å². The monoisotopic (exact) mass is 297 g/mol. The fourth-order valence-electron chi connectivity index (χ4n) is 2.16. The number of benzene rings is 2. The number of carbonyl (C=O) groups excluding carboxylic acids is 1. The van der Waals surface area contributed by atoms with Crippen LogP contribution < -0.4 is 9.47 Å². The highest BCUT2D eigenvalue weighted by Gasteiger charge is 2.09. The van der Waals surface area contributed by atoms with E-state index < -0.39 is 0 Å². The summed E-state index contributed by atoms with van der Waals surface area (Å²) in [6.45, 7) is 1.77. The minimum atomic E-state index is -0.329. The molecule has 3 aromatic rings. The molecule has 0 fully saturated rings. The van der Waals surface area contributed by atoms with Gasteiger partial charge in [0.15, 0.2) is 11.5 Å². The van der Waals surface area contributed by atoms with Gasteiger partial charge in [-0.3, -0.25) is 4.79 Å². The molecule has 1 heterocycles. The molecule has 0 amide bonds. The molecule has 22 heavy (non-hydrogen) atoms. The molecule has 0 saturated heterocycles. The highest BCUT2D eigenvalue weighted by atomic mass is 16.5. The maximum Gasteiger partial charge on any atom is 0.315 e. The lowest BCUT2D eigenvalue weighted by Gasteiger charge is -2.05. The van der Waals surface area contributed by atoms with Crippen molar-refractivity contribution in [1.82, 2.24) is 4.98 Å². The number of aromatic nitrogens is 1. The standard InChI is InChI=1S/C17H15NO4/c1-11-18-15-10-14(7-8-16(15)21-11)22-17(19)9-12-3-5-13(20-2)6-4-12/h3-8,10H,9H2,1-2H3. The number of methoxy groups -OCH3 is 1. The van der Waals surface area contributed by atoms with E-state index in [2.05, 4.69) is 4.98 Å². The SMILES string of the molecule is COc1ccc(CC(=O)Oc2ccc3oc(C)nc3c2)cc1. The van der Waals surface area contributed by atoms with Gasteiger partial charge in [0.25, 0.3) is 0 Å². The number of aryl methyl sites for hydroxylation is 1. The zero-order valence-corrected chi connectivity index (χ0v) is 12.3. The maximum atomic E-state index is 12.0. The Morgan fingerprint density at radius 3 is 2.59 bits per heavy atom. The number of hydrogen-bond donors (Lipinski definition) is 0. The van der Waals surface area contributed by atoms with Crippen molar-refractivity contribution < 1.29 is 18.7 Å². The third kappa shape index (κ3) is 3.09. The van der Waals surface area contributed by atoms with Crippen LogP contribution >= 0.6 is 0 Å². The molecule has 0 unspecified atom stereocenters. The predicted octanol–water partition coefficient (Wildman–Crippen LogP) is 3.29. The number of hydrogen-bond acceptors (Lipinski definition) is 5. The van der Waals surface area contributed by atoms with Crippen LogP contribution in [0.5, 0.6) is 11.5 Å². The molecule has 0 aliphatic rings. The molecule has 0 spiro atoms. The topological polar surface area (TPSA) is 61.6 Å². The van der Waals surface area contributed by atoms with Gasteiger partial charge in [0.05, 0.1) is 13.5 Å². The number of oxazole rings is 1. The summed E-state index contributed by atoms with van der Waals surface area (Å²) in [5.74, 6) is 1.46. The zero-order chi connectivity index (χ0) is 15.5. The second-order valence-corrected chi connectivity index (χ2v) is 4.86. The van der Waals surface area contributed by atoms with Gasteiger partial charge >= 0.3 is 5.97 Å². The summed E-state index contributed by atoms with van der Waals surface area (Å²) >= 11 is 0. The van der Waals surface area contributed by atoms with E-state index in [0.717, 1.165) is 11.3 Å². The molecule has 0 radical (unpaired) electrons. The van der Waals surface area contributed by atoms with Gasteiger partial charge < -0.3 is 13.9 Å². The summed E-state index contributed by atoms with van der Waals surface area (Å²) in [4.78, 5) is 16.2. The fourth-order valence-corrected chi connectivity index (χ4v) is 2.16. The molecule has 0 saturated carbocycles. The van der Waals surface area contributed by atoms with Crippen LogP contribution in [0.1, 0.15) is 11.5 Å². The molecule has 0 atom stereocenters. The summed E-state index contributed by atoms with van der Waals surface area (Å²) in [5.41, 5.74) is 2.21. The minimum absolute atomic E-state index is 0.194. The maximum absolute atomic E-state index is 12.0. The van der Waals surface area contributed by atoms with Gasteiger partial charge in [-0.15, -0.1) is 0 Å². The largest absolute Gasteiger partial charge is 0.497 e. The molecule has 3 rings (SSSR count). The third-order valence-corrected chi connectivity index (χ3v) is 3.21. The molecule has 0 N–H and O–H groups in total. The summed E-state index contributed by atoms with van der Waals surface area (Å²) in [7, 11) is 1.60. The molecule has 0 aliphatic heterocycles. The van der Waals surface area contributed by atoms with Crippen molar-refractivity contribution in [2.45, 2.75) is 13.3 Å². The van der Waals surface area contributed by atoms with Crippen LogP contribution in [0.3, 0.4) is 0 Å². The highest BCUT2D eigenvalue weighted by molar-refractivity contribution is 5.78. The van der Waals surface area contributed by atoms with Crippen LogP contribution in [0.4, 0.5) is 0 Å². The first-order chi connectivity index (χ1) is 10.6. The van der Waals surface area contributed by atoms with E-state index in [4.69, 9.17) is 13.9 Å². The lowest BCUT2D eigenvalue weighted by atomic mass is 10.1. The Balaban J connectivity index is 1.69. The van der Waals surface area contributed by atoms with Gasteiger partial charge in [0.1, 0.15) is 17.0 Å². The minimum Gasteiger partial charge on any atom is -0.497 e. The van der Waals surface area contributed by atoms with E-state index in [1.807, 2.05) is 24.3 Å².